The summed E-state index contributed by atoms with van der Waals surface area (Å²) in [6.07, 6.45) is 2.10. The van der Waals surface area contributed by atoms with E-state index in [9.17, 15) is 4.79 Å². The van der Waals surface area contributed by atoms with Gasteiger partial charge in [-0.05, 0) is 18.8 Å². The Hall–Kier alpha value is -0.570. The number of ether oxygens (including phenoxy) is 2. The molecule has 0 aromatic carbocycles. The van der Waals surface area contributed by atoms with Crippen molar-refractivity contribution in [3.8, 4) is 0 Å². The summed E-state index contributed by atoms with van der Waals surface area (Å²) in [6.45, 7) is 0.754. The highest BCUT2D eigenvalue weighted by molar-refractivity contribution is 5.75. The van der Waals surface area contributed by atoms with Crippen molar-refractivity contribution in [2.24, 2.45) is 11.8 Å². The van der Waals surface area contributed by atoms with E-state index in [-0.39, 0.29) is 12.1 Å². The maximum Gasteiger partial charge on any atom is 0.335 e. The number of carbonyl (C=O) groups excluding carboxylic acids is 1. The van der Waals surface area contributed by atoms with Crippen LogP contribution in [0.25, 0.3) is 0 Å². The summed E-state index contributed by atoms with van der Waals surface area (Å²) in [7, 11) is 1.41. The average Bonchev–Trinajstić information content (AvgIpc) is 2.25. The van der Waals surface area contributed by atoms with Gasteiger partial charge < -0.3 is 9.47 Å². The number of hydrogen-bond donors (Lipinski definition) is 0. The Morgan fingerprint density at radius 3 is 2.82 bits per heavy atom. The van der Waals surface area contributed by atoms with E-state index < -0.39 is 0 Å². The third-order valence-electron chi connectivity index (χ3n) is 2.79. The summed E-state index contributed by atoms with van der Waals surface area (Å²) >= 11 is 0. The van der Waals surface area contributed by atoms with Crippen molar-refractivity contribution in [1.29, 1.82) is 0 Å². The van der Waals surface area contributed by atoms with Crippen LogP contribution in [0, 0.1) is 11.8 Å². The molecule has 1 saturated carbocycles. The molecule has 0 radical (unpaired) electrons. The predicted octanol–water partition coefficient (Wildman–Crippen LogP) is 0.584. The maximum atomic E-state index is 11.1. The van der Waals surface area contributed by atoms with E-state index >= 15 is 0 Å². The van der Waals surface area contributed by atoms with Crippen molar-refractivity contribution in [2.75, 3.05) is 13.7 Å². The average molecular weight is 156 g/mol. The van der Waals surface area contributed by atoms with E-state index in [2.05, 4.69) is 4.74 Å². The SMILES string of the molecule is COC(=O)[C@H]1OC[C@@H]2CC[C@@H]21. The highest BCUT2D eigenvalue weighted by Crippen LogP contribution is 2.43. The van der Waals surface area contributed by atoms with Gasteiger partial charge in [0.2, 0.25) is 0 Å². The zero-order valence-corrected chi connectivity index (χ0v) is 6.58. The molecule has 0 aromatic heterocycles. The van der Waals surface area contributed by atoms with Crippen LogP contribution >= 0.6 is 0 Å². The molecule has 1 saturated heterocycles. The Kier molecular flexibility index (Phi) is 1.60. The van der Waals surface area contributed by atoms with Crippen molar-refractivity contribution in [1.82, 2.24) is 0 Å². The van der Waals surface area contributed by atoms with Gasteiger partial charge in [0.05, 0.1) is 13.7 Å². The molecule has 0 unspecified atom stereocenters. The van der Waals surface area contributed by atoms with Gasteiger partial charge in [-0.3, -0.25) is 0 Å². The second-order valence-corrected chi connectivity index (χ2v) is 3.28. The monoisotopic (exact) mass is 156 g/mol. The molecule has 1 aliphatic heterocycles. The molecule has 1 aliphatic carbocycles. The fourth-order valence-corrected chi connectivity index (χ4v) is 1.91. The minimum absolute atomic E-state index is 0.197. The lowest BCUT2D eigenvalue weighted by molar-refractivity contribution is -0.153. The van der Waals surface area contributed by atoms with Gasteiger partial charge in [0.15, 0.2) is 6.10 Å². The molecular formula is C8H12O3. The van der Waals surface area contributed by atoms with E-state index in [4.69, 9.17) is 4.74 Å². The van der Waals surface area contributed by atoms with Crippen LogP contribution in [0.5, 0.6) is 0 Å². The van der Waals surface area contributed by atoms with E-state index in [1.807, 2.05) is 0 Å². The Labute approximate surface area is 65.7 Å². The van der Waals surface area contributed by atoms with E-state index in [0.29, 0.717) is 11.8 Å². The Morgan fingerprint density at radius 2 is 2.36 bits per heavy atom. The molecular weight excluding hydrogens is 144 g/mol. The Bertz CT molecular complexity index is 178. The van der Waals surface area contributed by atoms with Crippen LogP contribution in [0.2, 0.25) is 0 Å². The number of methoxy groups -OCH3 is 1. The van der Waals surface area contributed by atoms with Crippen molar-refractivity contribution in [3.05, 3.63) is 0 Å². The lowest BCUT2D eigenvalue weighted by Crippen LogP contribution is -2.35. The smallest absolute Gasteiger partial charge is 0.335 e. The van der Waals surface area contributed by atoms with Crippen LogP contribution in [0.15, 0.2) is 0 Å². The van der Waals surface area contributed by atoms with Gasteiger partial charge in [-0.15, -0.1) is 0 Å². The summed E-state index contributed by atoms with van der Waals surface area (Å²) < 4.78 is 9.94. The third-order valence-corrected chi connectivity index (χ3v) is 2.79. The molecule has 62 valence electrons. The molecule has 2 aliphatic rings. The first-order chi connectivity index (χ1) is 5.33. The van der Waals surface area contributed by atoms with Gasteiger partial charge in [0.25, 0.3) is 0 Å². The van der Waals surface area contributed by atoms with Gasteiger partial charge in [0, 0.05) is 5.92 Å². The van der Waals surface area contributed by atoms with Crippen LogP contribution in [-0.4, -0.2) is 25.8 Å². The van der Waals surface area contributed by atoms with Crippen molar-refractivity contribution in [3.63, 3.8) is 0 Å². The van der Waals surface area contributed by atoms with Crippen LogP contribution in [0.4, 0.5) is 0 Å². The molecule has 3 heteroatoms. The molecule has 0 bridgehead atoms. The summed E-state index contributed by atoms with van der Waals surface area (Å²) in [4.78, 5) is 11.1. The van der Waals surface area contributed by atoms with Crippen LogP contribution in [-0.2, 0) is 14.3 Å². The van der Waals surface area contributed by atoms with Crippen LogP contribution < -0.4 is 0 Å². The highest BCUT2D eigenvalue weighted by Gasteiger charge is 2.47. The fourth-order valence-electron chi connectivity index (χ4n) is 1.91. The number of esters is 1. The molecule has 0 N–H and O–H groups in total. The molecule has 3 atom stereocenters. The van der Waals surface area contributed by atoms with Gasteiger partial charge in [-0.2, -0.15) is 0 Å². The largest absolute Gasteiger partial charge is 0.467 e. The third kappa shape index (κ3) is 0.948. The quantitative estimate of drug-likeness (QED) is 0.521. The van der Waals surface area contributed by atoms with Gasteiger partial charge in [-0.25, -0.2) is 4.79 Å². The zero-order chi connectivity index (χ0) is 7.84. The van der Waals surface area contributed by atoms with Gasteiger partial charge >= 0.3 is 5.97 Å². The highest BCUT2D eigenvalue weighted by atomic mass is 16.6. The fraction of sp³-hybridized carbons (Fsp3) is 0.875. The predicted molar refractivity (Wildman–Crippen MR) is 38.0 cm³/mol. The van der Waals surface area contributed by atoms with E-state index in [1.165, 1.54) is 13.5 Å². The molecule has 11 heavy (non-hydrogen) atoms. The standard InChI is InChI=1S/C8H12O3/c1-10-8(9)7-6-3-2-5(6)4-11-7/h5-7H,2-4H2,1H3/t5-,6-,7-/m0/s1. The van der Waals surface area contributed by atoms with Crippen molar-refractivity contribution >= 4 is 5.97 Å². The number of rotatable bonds is 1. The topological polar surface area (TPSA) is 35.5 Å². The normalized spacial score (nSPS) is 41.0. The lowest BCUT2D eigenvalue weighted by Gasteiger charge is -2.30. The summed E-state index contributed by atoms with van der Waals surface area (Å²) in [5.41, 5.74) is 0. The zero-order valence-electron chi connectivity index (χ0n) is 6.58. The second-order valence-electron chi connectivity index (χ2n) is 3.28. The maximum absolute atomic E-state index is 11.1. The number of carbonyl (C=O) groups is 1. The molecule has 3 nitrogen and oxygen atoms in total. The minimum atomic E-state index is -0.251. The molecule has 2 fully saturated rings. The van der Waals surface area contributed by atoms with E-state index in [1.54, 1.807) is 0 Å². The molecule has 1 heterocycles. The first kappa shape index (κ1) is 7.10. The molecule has 2 rings (SSSR count). The van der Waals surface area contributed by atoms with Gasteiger partial charge in [-0.1, -0.05) is 0 Å². The summed E-state index contributed by atoms with van der Waals surface area (Å²) in [5.74, 6) is 0.902. The minimum Gasteiger partial charge on any atom is -0.467 e. The van der Waals surface area contributed by atoms with Crippen molar-refractivity contribution < 1.29 is 14.3 Å². The second kappa shape index (κ2) is 2.48. The molecule has 0 amide bonds. The molecule has 0 aromatic rings. The van der Waals surface area contributed by atoms with E-state index in [0.717, 1.165) is 13.0 Å². The van der Waals surface area contributed by atoms with Crippen LogP contribution in [0.1, 0.15) is 12.8 Å². The van der Waals surface area contributed by atoms with Gasteiger partial charge in [0.1, 0.15) is 0 Å². The summed E-state index contributed by atoms with van der Waals surface area (Å²) in [6, 6.07) is 0. The van der Waals surface area contributed by atoms with Crippen LogP contribution in [0.3, 0.4) is 0 Å². The number of hydrogen-bond acceptors (Lipinski definition) is 3. The number of fused-ring (bicyclic) bond motifs is 1. The molecule has 0 spiro atoms. The Morgan fingerprint density at radius 1 is 1.55 bits per heavy atom. The first-order valence-corrected chi connectivity index (χ1v) is 4.02. The van der Waals surface area contributed by atoms with Crippen molar-refractivity contribution in [2.45, 2.75) is 18.9 Å². The summed E-state index contributed by atoms with van der Waals surface area (Å²) in [5, 5.41) is 0. The Balaban J connectivity index is 2.00. The first-order valence-electron chi connectivity index (χ1n) is 4.02. The lowest BCUT2D eigenvalue weighted by atomic mass is 9.73.